The number of aromatic nitrogens is 2. The number of hydrogen-bond donors (Lipinski definition) is 2. The Labute approximate surface area is 76.4 Å². The van der Waals surface area contributed by atoms with Crippen molar-refractivity contribution in [3.8, 4) is 0 Å². The number of rotatable bonds is 3. The molecule has 0 aromatic carbocycles. The van der Waals surface area contributed by atoms with Gasteiger partial charge in [0, 0.05) is 25.0 Å². The molecule has 0 aliphatic rings. The maximum atomic E-state index is 11.4. The minimum atomic E-state index is -0.196. The Bertz CT molecular complexity index is 275. The van der Waals surface area contributed by atoms with Crippen molar-refractivity contribution in [2.24, 2.45) is 5.73 Å². The van der Waals surface area contributed by atoms with Crippen molar-refractivity contribution in [1.82, 2.24) is 15.3 Å². The summed E-state index contributed by atoms with van der Waals surface area (Å²) < 4.78 is 0. The van der Waals surface area contributed by atoms with Crippen LogP contribution < -0.4 is 11.1 Å². The Kier molecular flexibility index (Phi) is 3.33. The molecule has 0 saturated carbocycles. The van der Waals surface area contributed by atoms with Crippen LogP contribution in [-0.2, 0) is 0 Å². The summed E-state index contributed by atoms with van der Waals surface area (Å²) in [6.07, 6.45) is 4.31. The minimum Gasteiger partial charge on any atom is -0.348 e. The summed E-state index contributed by atoms with van der Waals surface area (Å²) in [5, 5.41) is 2.70. The molecule has 1 amide bonds. The van der Waals surface area contributed by atoms with Crippen LogP contribution in [0.2, 0.25) is 0 Å². The Balaban J connectivity index is 2.59. The van der Waals surface area contributed by atoms with Gasteiger partial charge in [-0.25, -0.2) is 9.97 Å². The standard InChI is InChI=1S/C8H12N4O/c1-6(2-9)12-8(13)7-3-10-5-11-4-7/h3-6H,2,9H2,1H3,(H,12,13)/t6-/m1/s1. The summed E-state index contributed by atoms with van der Waals surface area (Å²) in [5.41, 5.74) is 5.80. The van der Waals surface area contributed by atoms with Crippen LogP contribution in [-0.4, -0.2) is 28.5 Å². The lowest BCUT2D eigenvalue weighted by molar-refractivity contribution is 0.0940. The largest absolute Gasteiger partial charge is 0.348 e. The summed E-state index contributed by atoms with van der Waals surface area (Å²) in [4.78, 5) is 18.8. The van der Waals surface area contributed by atoms with Gasteiger partial charge in [0.25, 0.3) is 5.91 Å². The molecular weight excluding hydrogens is 168 g/mol. The van der Waals surface area contributed by atoms with E-state index in [1.807, 2.05) is 6.92 Å². The van der Waals surface area contributed by atoms with E-state index < -0.39 is 0 Å². The lowest BCUT2D eigenvalue weighted by atomic mass is 10.3. The molecule has 3 N–H and O–H groups in total. The Morgan fingerprint density at radius 3 is 2.77 bits per heavy atom. The zero-order valence-electron chi connectivity index (χ0n) is 7.40. The molecular formula is C8H12N4O. The first kappa shape index (κ1) is 9.60. The van der Waals surface area contributed by atoms with E-state index in [1.54, 1.807) is 0 Å². The van der Waals surface area contributed by atoms with E-state index in [2.05, 4.69) is 15.3 Å². The minimum absolute atomic E-state index is 0.0345. The van der Waals surface area contributed by atoms with Crippen molar-refractivity contribution < 1.29 is 4.79 Å². The molecule has 1 aromatic rings. The zero-order chi connectivity index (χ0) is 9.68. The summed E-state index contributed by atoms with van der Waals surface area (Å²) in [6, 6.07) is -0.0345. The van der Waals surface area contributed by atoms with Crippen molar-refractivity contribution in [2.75, 3.05) is 6.54 Å². The average Bonchev–Trinajstić information content (AvgIpc) is 2.19. The van der Waals surface area contributed by atoms with Gasteiger partial charge in [-0.05, 0) is 6.92 Å². The van der Waals surface area contributed by atoms with E-state index >= 15 is 0 Å². The molecule has 1 rings (SSSR count). The molecule has 0 unspecified atom stereocenters. The third-order valence-electron chi connectivity index (χ3n) is 1.55. The first-order chi connectivity index (χ1) is 6.24. The van der Waals surface area contributed by atoms with Crippen LogP contribution in [0.25, 0.3) is 0 Å². The second-order valence-corrected chi connectivity index (χ2v) is 2.74. The highest BCUT2D eigenvalue weighted by molar-refractivity contribution is 5.93. The van der Waals surface area contributed by atoms with E-state index in [4.69, 9.17) is 5.73 Å². The van der Waals surface area contributed by atoms with Crippen molar-refractivity contribution in [3.63, 3.8) is 0 Å². The third-order valence-corrected chi connectivity index (χ3v) is 1.55. The number of nitrogens with one attached hydrogen (secondary N) is 1. The van der Waals surface area contributed by atoms with Crippen LogP contribution in [0.1, 0.15) is 17.3 Å². The van der Waals surface area contributed by atoms with Crippen LogP contribution in [0.4, 0.5) is 0 Å². The van der Waals surface area contributed by atoms with E-state index in [-0.39, 0.29) is 11.9 Å². The molecule has 0 radical (unpaired) electrons. The van der Waals surface area contributed by atoms with Gasteiger partial charge in [0.1, 0.15) is 6.33 Å². The van der Waals surface area contributed by atoms with Crippen molar-refractivity contribution in [1.29, 1.82) is 0 Å². The SMILES string of the molecule is C[C@H](CN)NC(=O)c1cncnc1. The lowest BCUT2D eigenvalue weighted by Crippen LogP contribution is -2.37. The fourth-order valence-electron chi connectivity index (χ4n) is 0.782. The number of nitrogens with zero attached hydrogens (tertiary/aromatic N) is 2. The molecule has 1 heterocycles. The number of carbonyl (C=O) groups excluding carboxylic acids is 1. The average molecular weight is 180 g/mol. The Morgan fingerprint density at radius 2 is 2.23 bits per heavy atom. The molecule has 0 aliphatic heterocycles. The van der Waals surface area contributed by atoms with Gasteiger partial charge in [0.15, 0.2) is 0 Å². The van der Waals surface area contributed by atoms with Gasteiger partial charge in [-0.3, -0.25) is 4.79 Å². The Hall–Kier alpha value is -1.49. The number of amides is 1. The van der Waals surface area contributed by atoms with E-state index in [1.165, 1.54) is 18.7 Å². The zero-order valence-corrected chi connectivity index (χ0v) is 7.40. The number of nitrogens with two attached hydrogens (primary N) is 1. The fraction of sp³-hybridized carbons (Fsp3) is 0.375. The van der Waals surface area contributed by atoms with Gasteiger partial charge >= 0.3 is 0 Å². The molecule has 5 nitrogen and oxygen atoms in total. The van der Waals surface area contributed by atoms with Crippen LogP contribution in [0.15, 0.2) is 18.7 Å². The van der Waals surface area contributed by atoms with Crippen LogP contribution >= 0.6 is 0 Å². The van der Waals surface area contributed by atoms with Gasteiger partial charge in [-0.1, -0.05) is 0 Å². The van der Waals surface area contributed by atoms with Crippen molar-refractivity contribution in [3.05, 3.63) is 24.3 Å². The maximum Gasteiger partial charge on any atom is 0.254 e. The fourth-order valence-corrected chi connectivity index (χ4v) is 0.782. The molecule has 0 aliphatic carbocycles. The molecule has 1 aromatic heterocycles. The van der Waals surface area contributed by atoms with Crippen LogP contribution in [0.5, 0.6) is 0 Å². The third kappa shape index (κ3) is 2.79. The van der Waals surface area contributed by atoms with Gasteiger partial charge in [0.2, 0.25) is 0 Å². The molecule has 5 heteroatoms. The van der Waals surface area contributed by atoms with Gasteiger partial charge in [-0.2, -0.15) is 0 Å². The topological polar surface area (TPSA) is 80.9 Å². The molecule has 0 bridgehead atoms. The van der Waals surface area contributed by atoms with E-state index in [0.29, 0.717) is 12.1 Å². The van der Waals surface area contributed by atoms with Gasteiger partial charge in [0.05, 0.1) is 5.56 Å². The Morgan fingerprint density at radius 1 is 1.62 bits per heavy atom. The molecule has 0 saturated heterocycles. The highest BCUT2D eigenvalue weighted by Crippen LogP contribution is 1.93. The van der Waals surface area contributed by atoms with E-state index in [9.17, 15) is 4.79 Å². The predicted octanol–water partition coefficient (Wildman–Crippen LogP) is -0.446. The van der Waals surface area contributed by atoms with Gasteiger partial charge < -0.3 is 11.1 Å². The lowest BCUT2D eigenvalue weighted by Gasteiger charge is -2.10. The highest BCUT2D eigenvalue weighted by atomic mass is 16.1. The normalized spacial score (nSPS) is 12.2. The van der Waals surface area contributed by atoms with Crippen molar-refractivity contribution in [2.45, 2.75) is 13.0 Å². The van der Waals surface area contributed by atoms with Gasteiger partial charge in [-0.15, -0.1) is 0 Å². The molecule has 1 atom stereocenters. The summed E-state index contributed by atoms with van der Waals surface area (Å²) in [6.45, 7) is 2.25. The highest BCUT2D eigenvalue weighted by Gasteiger charge is 2.07. The second kappa shape index (κ2) is 4.51. The monoisotopic (exact) mass is 180 g/mol. The van der Waals surface area contributed by atoms with Crippen LogP contribution in [0, 0.1) is 0 Å². The second-order valence-electron chi connectivity index (χ2n) is 2.74. The molecule has 0 fully saturated rings. The van der Waals surface area contributed by atoms with Crippen molar-refractivity contribution >= 4 is 5.91 Å². The maximum absolute atomic E-state index is 11.4. The number of carbonyl (C=O) groups is 1. The molecule has 70 valence electrons. The quantitative estimate of drug-likeness (QED) is 0.660. The first-order valence-electron chi connectivity index (χ1n) is 4.00. The summed E-state index contributed by atoms with van der Waals surface area (Å²) >= 11 is 0. The summed E-state index contributed by atoms with van der Waals surface area (Å²) in [5.74, 6) is -0.196. The number of hydrogen-bond acceptors (Lipinski definition) is 4. The first-order valence-corrected chi connectivity index (χ1v) is 4.00. The molecule has 0 spiro atoms. The van der Waals surface area contributed by atoms with Crippen LogP contribution in [0.3, 0.4) is 0 Å². The van der Waals surface area contributed by atoms with E-state index in [0.717, 1.165) is 0 Å². The predicted molar refractivity (Wildman–Crippen MR) is 48.0 cm³/mol. The molecule has 13 heavy (non-hydrogen) atoms. The smallest absolute Gasteiger partial charge is 0.254 e. The summed E-state index contributed by atoms with van der Waals surface area (Å²) in [7, 11) is 0.